The third-order valence-electron chi connectivity index (χ3n) is 5.07. The van der Waals surface area contributed by atoms with Gasteiger partial charge >= 0.3 is 0 Å². The quantitative estimate of drug-likeness (QED) is 0.944. The van der Waals surface area contributed by atoms with Crippen LogP contribution in [-0.4, -0.2) is 34.0 Å². The van der Waals surface area contributed by atoms with Crippen molar-refractivity contribution in [1.29, 1.82) is 0 Å². The second-order valence-electron chi connectivity index (χ2n) is 6.79. The van der Waals surface area contributed by atoms with Crippen molar-refractivity contribution in [3.05, 3.63) is 65.2 Å². The fourth-order valence-corrected chi connectivity index (χ4v) is 3.69. The fourth-order valence-electron chi connectivity index (χ4n) is 3.69. The van der Waals surface area contributed by atoms with Gasteiger partial charge in [0.05, 0.1) is 11.4 Å². The predicted molar refractivity (Wildman–Crippen MR) is 96.4 cm³/mol. The van der Waals surface area contributed by atoms with Crippen LogP contribution in [-0.2, 0) is 19.5 Å². The van der Waals surface area contributed by atoms with Crippen molar-refractivity contribution in [2.45, 2.75) is 38.9 Å². The number of benzene rings is 1. The smallest absolute Gasteiger partial charge is 0.116 e. The van der Waals surface area contributed by atoms with Crippen molar-refractivity contribution in [3.63, 3.8) is 0 Å². The Balaban J connectivity index is 1.63. The SMILES string of the molecule is C[C@@H]1Cc2ncnc(C3=CCCNC3)c2CN1Cc1ccccc1. The lowest BCUT2D eigenvalue weighted by Gasteiger charge is -2.35. The van der Waals surface area contributed by atoms with E-state index in [0.29, 0.717) is 6.04 Å². The molecule has 24 heavy (non-hydrogen) atoms. The summed E-state index contributed by atoms with van der Waals surface area (Å²) in [5, 5.41) is 3.46. The molecule has 2 aromatic rings. The van der Waals surface area contributed by atoms with E-state index in [1.165, 1.54) is 22.4 Å². The van der Waals surface area contributed by atoms with Crippen LogP contribution >= 0.6 is 0 Å². The minimum Gasteiger partial charge on any atom is -0.312 e. The molecule has 124 valence electrons. The summed E-state index contributed by atoms with van der Waals surface area (Å²) in [6.07, 6.45) is 6.15. The molecule has 1 atom stereocenters. The van der Waals surface area contributed by atoms with Gasteiger partial charge in [-0.2, -0.15) is 0 Å². The van der Waals surface area contributed by atoms with Crippen LogP contribution in [0.3, 0.4) is 0 Å². The van der Waals surface area contributed by atoms with Gasteiger partial charge in [0.2, 0.25) is 0 Å². The van der Waals surface area contributed by atoms with Crippen molar-refractivity contribution in [2.24, 2.45) is 0 Å². The maximum atomic E-state index is 4.64. The number of hydrogen-bond acceptors (Lipinski definition) is 4. The van der Waals surface area contributed by atoms with Crippen molar-refractivity contribution in [3.8, 4) is 0 Å². The number of nitrogens with zero attached hydrogens (tertiary/aromatic N) is 3. The Morgan fingerprint density at radius 2 is 2.08 bits per heavy atom. The van der Waals surface area contributed by atoms with Crippen LogP contribution in [0.2, 0.25) is 0 Å². The Kier molecular flexibility index (Phi) is 4.41. The van der Waals surface area contributed by atoms with Gasteiger partial charge in [0.15, 0.2) is 0 Å². The van der Waals surface area contributed by atoms with Crippen molar-refractivity contribution in [2.75, 3.05) is 13.1 Å². The minimum absolute atomic E-state index is 0.499. The summed E-state index contributed by atoms with van der Waals surface area (Å²) in [5.74, 6) is 0. The predicted octanol–water partition coefficient (Wildman–Crippen LogP) is 2.80. The van der Waals surface area contributed by atoms with E-state index in [-0.39, 0.29) is 0 Å². The summed E-state index contributed by atoms with van der Waals surface area (Å²) in [7, 11) is 0. The van der Waals surface area contributed by atoms with Gasteiger partial charge in [0, 0.05) is 37.7 Å². The monoisotopic (exact) mass is 320 g/mol. The highest BCUT2D eigenvalue weighted by atomic mass is 15.2. The van der Waals surface area contributed by atoms with Crippen LogP contribution in [0.15, 0.2) is 42.7 Å². The molecule has 4 rings (SSSR count). The van der Waals surface area contributed by atoms with E-state index in [9.17, 15) is 0 Å². The van der Waals surface area contributed by atoms with Crippen LogP contribution in [0.5, 0.6) is 0 Å². The number of rotatable bonds is 3. The summed E-state index contributed by atoms with van der Waals surface area (Å²) < 4.78 is 0. The van der Waals surface area contributed by atoms with Gasteiger partial charge in [0.1, 0.15) is 6.33 Å². The Hall–Kier alpha value is -2.04. The van der Waals surface area contributed by atoms with Gasteiger partial charge in [-0.05, 0) is 31.0 Å². The summed E-state index contributed by atoms with van der Waals surface area (Å²) in [6, 6.07) is 11.2. The molecule has 0 radical (unpaired) electrons. The average Bonchev–Trinajstić information content (AvgIpc) is 2.63. The van der Waals surface area contributed by atoms with Crippen molar-refractivity contribution < 1.29 is 0 Å². The first kappa shape index (κ1) is 15.5. The van der Waals surface area contributed by atoms with Gasteiger partial charge in [-0.25, -0.2) is 9.97 Å². The first-order chi connectivity index (χ1) is 11.8. The second-order valence-corrected chi connectivity index (χ2v) is 6.79. The lowest BCUT2D eigenvalue weighted by atomic mass is 9.94. The third kappa shape index (κ3) is 3.12. The molecule has 1 aromatic heterocycles. The number of nitrogens with one attached hydrogen (secondary N) is 1. The third-order valence-corrected chi connectivity index (χ3v) is 5.07. The van der Waals surface area contributed by atoms with E-state index in [1.54, 1.807) is 6.33 Å². The molecule has 0 saturated heterocycles. The molecule has 0 saturated carbocycles. The normalized spacial score (nSPS) is 21.2. The summed E-state index contributed by atoms with van der Waals surface area (Å²) >= 11 is 0. The van der Waals surface area contributed by atoms with E-state index >= 15 is 0 Å². The van der Waals surface area contributed by atoms with Crippen LogP contribution < -0.4 is 5.32 Å². The molecule has 1 N–H and O–H groups in total. The van der Waals surface area contributed by atoms with Crippen LogP contribution in [0.25, 0.3) is 5.57 Å². The Labute approximate surface area is 143 Å². The van der Waals surface area contributed by atoms with Gasteiger partial charge in [0.25, 0.3) is 0 Å². The fraction of sp³-hybridized carbons (Fsp3) is 0.400. The largest absolute Gasteiger partial charge is 0.312 e. The molecule has 0 unspecified atom stereocenters. The molecule has 4 nitrogen and oxygen atoms in total. The zero-order valence-corrected chi connectivity index (χ0v) is 14.2. The van der Waals surface area contributed by atoms with Gasteiger partial charge in [-0.3, -0.25) is 4.90 Å². The van der Waals surface area contributed by atoms with Crippen LogP contribution in [0.1, 0.15) is 35.9 Å². The maximum Gasteiger partial charge on any atom is 0.116 e. The minimum atomic E-state index is 0.499. The Morgan fingerprint density at radius 3 is 2.88 bits per heavy atom. The average molecular weight is 320 g/mol. The van der Waals surface area contributed by atoms with Gasteiger partial charge < -0.3 is 5.32 Å². The molecular weight excluding hydrogens is 296 g/mol. The first-order valence-corrected chi connectivity index (χ1v) is 8.82. The van der Waals surface area contributed by atoms with E-state index in [0.717, 1.165) is 44.7 Å². The number of fused-ring (bicyclic) bond motifs is 1. The van der Waals surface area contributed by atoms with Gasteiger partial charge in [-0.1, -0.05) is 36.4 Å². The molecular formula is C20H24N4. The molecule has 0 bridgehead atoms. The highest BCUT2D eigenvalue weighted by molar-refractivity contribution is 5.68. The Bertz CT molecular complexity index is 739. The van der Waals surface area contributed by atoms with Crippen LogP contribution in [0.4, 0.5) is 0 Å². The lowest BCUT2D eigenvalue weighted by molar-refractivity contribution is 0.172. The van der Waals surface area contributed by atoms with Crippen molar-refractivity contribution in [1.82, 2.24) is 20.2 Å². The second kappa shape index (κ2) is 6.83. The standard InChI is InChI=1S/C20H24N4/c1-15-10-19-18(13-24(15)12-16-6-3-2-4-7-16)20(23-14-22-19)17-8-5-9-21-11-17/h2-4,6-8,14-15,21H,5,9-13H2,1H3/t15-/m1/s1. The number of hydrogen-bond donors (Lipinski definition) is 1. The van der Waals surface area contributed by atoms with Crippen molar-refractivity contribution >= 4 is 5.57 Å². The maximum absolute atomic E-state index is 4.64. The summed E-state index contributed by atoms with van der Waals surface area (Å²) in [6.45, 7) is 6.19. The Morgan fingerprint density at radius 1 is 1.21 bits per heavy atom. The molecule has 4 heteroatoms. The topological polar surface area (TPSA) is 41.1 Å². The first-order valence-electron chi connectivity index (χ1n) is 8.82. The molecule has 0 amide bonds. The molecule has 1 aromatic carbocycles. The molecule has 0 spiro atoms. The van der Waals surface area contributed by atoms with E-state index in [4.69, 9.17) is 0 Å². The number of aromatic nitrogens is 2. The van der Waals surface area contributed by atoms with Gasteiger partial charge in [-0.15, -0.1) is 0 Å². The van der Waals surface area contributed by atoms with Crippen LogP contribution in [0, 0.1) is 0 Å². The summed E-state index contributed by atoms with van der Waals surface area (Å²) in [5.41, 5.74) is 6.39. The molecule has 2 aliphatic rings. The highest BCUT2D eigenvalue weighted by Crippen LogP contribution is 2.28. The molecule has 0 fully saturated rings. The zero-order chi connectivity index (χ0) is 16.4. The zero-order valence-electron chi connectivity index (χ0n) is 14.2. The van der Waals surface area contributed by atoms with E-state index < -0.39 is 0 Å². The van der Waals surface area contributed by atoms with E-state index in [2.05, 4.69) is 63.5 Å². The highest BCUT2D eigenvalue weighted by Gasteiger charge is 2.27. The molecule has 2 aliphatic heterocycles. The molecule has 0 aliphatic carbocycles. The lowest BCUT2D eigenvalue weighted by Crippen LogP contribution is -2.39. The molecule has 3 heterocycles. The van der Waals surface area contributed by atoms with E-state index in [1.807, 2.05) is 0 Å². The summed E-state index contributed by atoms with van der Waals surface area (Å²) in [4.78, 5) is 11.8.